The quantitative estimate of drug-likeness (QED) is 0.206. The van der Waals surface area contributed by atoms with E-state index in [0.717, 1.165) is 87.2 Å². The third kappa shape index (κ3) is 6.38. The number of amides is 1. The van der Waals surface area contributed by atoms with Crippen LogP contribution in [0.4, 0.5) is 5.82 Å². The standard InChI is InChI=1S/C38H36ClN7O2S.H2S/c1-21-22(2)49-38-35(21)36(24-6-9-29(39)10-7-24)42-32(37-44-43-23(3)46(37)38)19-34(48)41-30-12-14-45(15-13-30)33-11-8-27(20-40-33)25-4-5-26-17-31(47)18-28(26)16-25;/h4-11,16,20,30,32H,12-15,17-19H2,1-3H3,(H,41,48);1H2/t32-;/m0./s1. The molecule has 1 atom stereocenters. The lowest BCUT2D eigenvalue weighted by molar-refractivity contribution is -0.122. The summed E-state index contributed by atoms with van der Waals surface area (Å²) in [6.07, 6.45) is 4.79. The number of benzene rings is 2. The van der Waals surface area contributed by atoms with Crippen LogP contribution in [-0.2, 0) is 22.4 Å². The molecule has 5 heterocycles. The number of Topliss-reactive ketones (excluding diaryl/α,β-unsaturated/α-hetero) is 1. The molecule has 1 amide bonds. The fourth-order valence-corrected chi connectivity index (χ4v) is 8.56. The zero-order valence-electron chi connectivity index (χ0n) is 28.2. The minimum Gasteiger partial charge on any atom is -0.356 e. The number of aliphatic imine (C=N–C) groups is 1. The van der Waals surface area contributed by atoms with Crippen LogP contribution in [0, 0.1) is 20.8 Å². The van der Waals surface area contributed by atoms with Crippen LogP contribution in [0.15, 0.2) is 65.8 Å². The van der Waals surface area contributed by atoms with Gasteiger partial charge in [0.25, 0.3) is 0 Å². The molecule has 0 radical (unpaired) electrons. The van der Waals surface area contributed by atoms with Crippen molar-refractivity contribution >= 4 is 59.7 Å². The number of rotatable bonds is 6. The first-order valence-electron chi connectivity index (χ1n) is 16.7. The van der Waals surface area contributed by atoms with Gasteiger partial charge in [-0.2, -0.15) is 13.5 Å². The van der Waals surface area contributed by atoms with Crippen LogP contribution in [0.5, 0.6) is 0 Å². The number of fused-ring (bicyclic) bond motifs is 4. The molecule has 2 aliphatic heterocycles. The van der Waals surface area contributed by atoms with E-state index in [-0.39, 0.29) is 37.6 Å². The Morgan fingerprint density at radius 3 is 2.40 bits per heavy atom. The number of ketones is 1. The third-order valence-electron chi connectivity index (χ3n) is 9.98. The zero-order valence-corrected chi connectivity index (χ0v) is 30.7. The highest BCUT2D eigenvalue weighted by Crippen LogP contribution is 2.39. The van der Waals surface area contributed by atoms with Crippen molar-refractivity contribution in [3.8, 4) is 16.1 Å². The van der Waals surface area contributed by atoms with E-state index >= 15 is 0 Å². The molecule has 50 heavy (non-hydrogen) atoms. The largest absolute Gasteiger partial charge is 0.356 e. The first kappa shape index (κ1) is 34.1. The Labute approximate surface area is 307 Å². The van der Waals surface area contributed by atoms with Gasteiger partial charge in [-0.05, 0) is 80.1 Å². The van der Waals surface area contributed by atoms with Gasteiger partial charge in [-0.3, -0.25) is 19.1 Å². The van der Waals surface area contributed by atoms with Crippen LogP contribution in [0.2, 0.25) is 5.02 Å². The first-order chi connectivity index (χ1) is 23.7. The van der Waals surface area contributed by atoms with Crippen molar-refractivity contribution in [3.63, 3.8) is 0 Å². The van der Waals surface area contributed by atoms with Gasteiger partial charge >= 0.3 is 0 Å². The number of thiophene rings is 1. The van der Waals surface area contributed by atoms with E-state index in [1.165, 1.54) is 4.88 Å². The van der Waals surface area contributed by atoms with Gasteiger partial charge in [0, 0.05) is 64.8 Å². The Hall–Kier alpha value is -4.32. The summed E-state index contributed by atoms with van der Waals surface area (Å²) in [4.78, 5) is 39.0. The Bertz CT molecular complexity index is 2130. The molecule has 0 spiro atoms. The van der Waals surface area contributed by atoms with E-state index in [1.54, 1.807) is 11.3 Å². The number of carbonyl (C=O) groups is 2. The van der Waals surface area contributed by atoms with Crippen LogP contribution in [0.25, 0.3) is 16.1 Å². The zero-order chi connectivity index (χ0) is 33.8. The Morgan fingerprint density at radius 1 is 0.940 bits per heavy atom. The number of nitrogens with one attached hydrogen (secondary N) is 1. The van der Waals surface area contributed by atoms with Crippen LogP contribution in [0.3, 0.4) is 0 Å². The fraction of sp³-hybridized carbons (Fsp3) is 0.316. The molecule has 0 bridgehead atoms. The Balaban J connectivity index is 0.00000392. The third-order valence-corrected chi connectivity index (χ3v) is 11.4. The monoisotopic (exact) mass is 723 g/mol. The van der Waals surface area contributed by atoms with Crippen LogP contribution in [0.1, 0.15) is 69.6 Å². The van der Waals surface area contributed by atoms with Gasteiger partial charge in [-0.15, -0.1) is 21.5 Å². The second kappa shape index (κ2) is 13.8. The van der Waals surface area contributed by atoms with Crippen LogP contribution in [-0.4, -0.2) is 56.3 Å². The second-order valence-corrected chi connectivity index (χ2v) is 14.9. The van der Waals surface area contributed by atoms with Crippen molar-refractivity contribution in [2.24, 2.45) is 4.99 Å². The topological polar surface area (TPSA) is 105 Å². The maximum absolute atomic E-state index is 13.6. The average molecular weight is 724 g/mol. The lowest BCUT2D eigenvalue weighted by atomic mass is 9.99. The normalized spacial score (nSPS) is 17.0. The summed E-state index contributed by atoms with van der Waals surface area (Å²) < 4.78 is 2.08. The lowest BCUT2D eigenvalue weighted by Crippen LogP contribution is -2.45. The molecule has 12 heteroatoms. The molecule has 1 aliphatic carbocycles. The number of piperidine rings is 1. The summed E-state index contributed by atoms with van der Waals surface area (Å²) in [6, 6.07) is 17.7. The molecule has 5 aromatic rings. The van der Waals surface area contributed by atoms with Crippen molar-refractivity contribution < 1.29 is 9.59 Å². The molecule has 256 valence electrons. The average Bonchev–Trinajstić information content (AvgIpc) is 3.73. The molecular weight excluding hydrogens is 686 g/mol. The summed E-state index contributed by atoms with van der Waals surface area (Å²) in [6.45, 7) is 7.78. The van der Waals surface area contributed by atoms with Crippen molar-refractivity contribution in [2.75, 3.05) is 18.0 Å². The predicted molar refractivity (Wildman–Crippen MR) is 204 cm³/mol. The predicted octanol–water partition coefficient (Wildman–Crippen LogP) is 6.82. The van der Waals surface area contributed by atoms with Gasteiger partial charge in [-0.1, -0.05) is 41.9 Å². The maximum atomic E-state index is 13.6. The van der Waals surface area contributed by atoms with Gasteiger partial charge in [0.05, 0.1) is 12.1 Å². The molecular formula is C38H38ClN7O2S2. The molecule has 2 aromatic carbocycles. The first-order valence-corrected chi connectivity index (χ1v) is 17.9. The maximum Gasteiger partial charge on any atom is 0.222 e. The lowest BCUT2D eigenvalue weighted by Gasteiger charge is -2.33. The number of hydrogen-bond donors (Lipinski definition) is 1. The van der Waals surface area contributed by atoms with Crippen molar-refractivity contribution in [2.45, 2.75) is 65.0 Å². The van der Waals surface area contributed by atoms with Crippen molar-refractivity contribution in [1.29, 1.82) is 0 Å². The highest BCUT2D eigenvalue weighted by Gasteiger charge is 2.33. The van der Waals surface area contributed by atoms with Crippen molar-refractivity contribution in [1.82, 2.24) is 25.1 Å². The minimum absolute atomic E-state index is 0. The van der Waals surface area contributed by atoms with Crippen LogP contribution >= 0.6 is 36.4 Å². The summed E-state index contributed by atoms with van der Waals surface area (Å²) in [5.41, 5.74) is 8.39. The highest BCUT2D eigenvalue weighted by atomic mass is 35.5. The fourth-order valence-electron chi connectivity index (χ4n) is 7.22. The number of halogens is 1. The smallest absolute Gasteiger partial charge is 0.222 e. The molecule has 0 saturated carbocycles. The van der Waals surface area contributed by atoms with Gasteiger partial charge in [0.1, 0.15) is 28.5 Å². The second-order valence-electron chi connectivity index (χ2n) is 13.2. The molecule has 3 aliphatic rings. The van der Waals surface area contributed by atoms with Crippen molar-refractivity contribution in [3.05, 3.63) is 110 Å². The highest BCUT2D eigenvalue weighted by molar-refractivity contribution is 7.59. The number of pyridine rings is 1. The van der Waals surface area contributed by atoms with Gasteiger partial charge in [-0.25, -0.2) is 4.98 Å². The molecule has 1 fully saturated rings. The van der Waals surface area contributed by atoms with E-state index in [4.69, 9.17) is 21.6 Å². The Morgan fingerprint density at radius 2 is 1.66 bits per heavy atom. The molecule has 1 N–H and O–H groups in total. The summed E-state index contributed by atoms with van der Waals surface area (Å²) in [7, 11) is 0. The van der Waals surface area contributed by atoms with E-state index in [1.807, 2.05) is 37.4 Å². The summed E-state index contributed by atoms with van der Waals surface area (Å²) in [5, 5.41) is 13.9. The van der Waals surface area contributed by atoms with E-state index in [9.17, 15) is 9.59 Å². The SMILES string of the molecule is Cc1sc2c(c1C)C(c1ccc(Cl)cc1)=N[C@@H](CC(=O)NC1CCN(c3ccc(-c4ccc5c(c4)CC(=O)C5)cn3)CC1)c1nnc(C)n1-2.S. The molecule has 3 aromatic heterocycles. The number of aryl methyl sites for hydroxylation is 2. The van der Waals surface area contributed by atoms with Gasteiger partial charge in [0.15, 0.2) is 5.82 Å². The summed E-state index contributed by atoms with van der Waals surface area (Å²) >= 11 is 7.95. The van der Waals surface area contributed by atoms with E-state index < -0.39 is 6.04 Å². The van der Waals surface area contributed by atoms with Gasteiger partial charge < -0.3 is 10.2 Å². The molecule has 9 nitrogen and oxygen atoms in total. The number of anilines is 1. The molecule has 8 rings (SSSR count). The van der Waals surface area contributed by atoms with E-state index in [0.29, 0.717) is 23.7 Å². The minimum atomic E-state index is -0.500. The molecule has 1 saturated heterocycles. The molecule has 0 unspecified atom stereocenters. The van der Waals surface area contributed by atoms with Gasteiger partial charge in [0.2, 0.25) is 5.91 Å². The number of aromatic nitrogens is 4. The number of hydrogen-bond acceptors (Lipinski definition) is 8. The summed E-state index contributed by atoms with van der Waals surface area (Å²) in [5.74, 6) is 2.61. The Kier molecular flexibility index (Phi) is 9.40. The number of carbonyl (C=O) groups excluding carboxylic acids is 2. The number of nitrogens with zero attached hydrogens (tertiary/aromatic N) is 6. The van der Waals surface area contributed by atoms with E-state index in [2.05, 4.69) is 69.2 Å². The van der Waals surface area contributed by atoms with Crippen LogP contribution < -0.4 is 10.2 Å².